The SMILES string of the molecule is Nc1ncccc1-c1nc2c(C(F)F)cc(-n3cccn3)nc2n1-c1ccc2c(c1)CCC2. The highest BCUT2D eigenvalue weighted by Crippen LogP contribution is 2.36. The molecule has 0 amide bonds. The van der Waals surface area contributed by atoms with E-state index in [4.69, 9.17) is 10.7 Å². The summed E-state index contributed by atoms with van der Waals surface area (Å²) in [6.07, 6.45) is 5.21. The molecule has 4 aromatic heterocycles. The molecule has 6 rings (SSSR count). The first-order valence-corrected chi connectivity index (χ1v) is 10.6. The zero-order chi connectivity index (χ0) is 22.5. The fourth-order valence-electron chi connectivity index (χ4n) is 4.47. The summed E-state index contributed by atoms with van der Waals surface area (Å²) in [4.78, 5) is 13.5. The fraction of sp³-hybridized carbons (Fsp3) is 0.167. The van der Waals surface area contributed by atoms with Gasteiger partial charge < -0.3 is 5.73 Å². The van der Waals surface area contributed by atoms with Crippen LogP contribution in [0, 0.1) is 0 Å². The van der Waals surface area contributed by atoms with Crippen LogP contribution in [0.3, 0.4) is 0 Å². The average molecular weight is 443 g/mol. The molecule has 1 aromatic carbocycles. The maximum atomic E-state index is 14.2. The third-order valence-electron chi connectivity index (χ3n) is 6.03. The fourth-order valence-corrected chi connectivity index (χ4v) is 4.47. The van der Waals surface area contributed by atoms with Gasteiger partial charge in [-0.2, -0.15) is 5.10 Å². The molecule has 0 fully saturated rings. The Morgan fingerprint density at radius 3 is 2.64 bits per heavy atom. The van der Waals surface area contributed by atoms with Crippen LogP contribution in [0.5, 0.6) is 0 Å². The number of benzene rings is 1. The number of rotatable bonds is 4. The van der Waals surface area contributed by atoms with Crippen molar-refractivity contribution in [3.05, 3.63) is 77.7 Å². The summed E-state index contributed by atoms with van der Waals surface area (Å²) in [7, 11) is 0. The van der Waals surface area contributed by atoms with Gasteiger partial charge in [0, 0.05) is 24.3 Å². The van der Waals surface area contributed by atoms with Crippen molar-refractivity contribution in [2.24, 2.45) is 0 Å². The second kappa shape index (κ2) is 7.47. The number of pyridine rings is 2. The predicted octanol–water partition coefficient (Wildman–Crippen LogP) is 4.68. The summed E-state index contributed by atoms with van der Waals surface area (Å²) in [5, 5.41) is 4.17. The molecule has 5 aromatic rings. The molecule has 0 aliphatic heterocycles. The maximum Gasteiger partial charge on any atom is 0.266 e. The Hall–Kier alpha value is -4.14. The van der Waals surface area contributed by atoms with Gasteiger partial charge in [0.1, 0.15) is 11.3 Å². The van der Waals surface area contributed by atoms with Gasteiger partial charge in [-0.15, -0.1) is 0 Å². The van der Waals surface area contributed by atoms with Crippen LogP contribution in [0.15, 0.2) is 61.1 Å². The Morgan fingerprint density at radius 1 is 0.970 bits per heavy atom. The van der Waals surface area contributed by atoms with Crippen molar-refractivity contribution in [3.8, 4) is 22.9 Å². The first-order valence-electron chi connectivity index (χ1n) is 10.6. The van der Waals surface area contributed by atoms with Crippen molar-refractivity contribution in [1.82, 2.24) is 29.3 Å². The molecule has 7 nitrogen and oxygen atoms in total. The van der Waals surface area contributed by atoms with Crippen molar-refractivity contribution >= 4 is 17.0 Å². The quantitative estimate of drug-likeness (QED) is 0.436. The lowest BCUT2D eigenvalue weighted by Crippen LogP contribution is -2.05. The van der Waals surface area contributed by atoms with Crippen LogP contribution in [0.2, 0.25) is 0 Å². The van der Waals surface area contributed by atoms with Crippen LogP contribution in [-0.4, -0.2) is 29.3 Å². The lowest BCUT2D eigenvalue weighted by Gasteiger charge is -2.12. The summed E-state index contributed by atoms with van der Waals surface area (Å²) in [6, 6.07) is 12.7. The molecule has 0 saturated carbocycles. The number of nitrogens with two attached hydrogens (primary N) is 1. The number of anilines is 1. The third-order valence-corrected chi connectivity index (χ3v) is 6.03. The number of fused-ring (bicyclic) bond motifs is 2. The Balaban J connectivity index is 1.71. The Labute approximate surface area is 187 Å². The van der Waals surface area contributed by atoms with Crippen molar-refractivity contribution in [3.63, 3.8) is 0 Å². The highest BCUT2D eigenvalue weighted by atomic mass is 19.3. The summed E-state index contributed by atoms with van der Waals surface area (Å²) in [6.45, 7) is 0. The number of hydrogen-bond acceptors (Lipinski definition) is 5. The van der Waals surface area contributed by atoms with Crippen molar-refractivity contribution in [1.29, 1.82) is 0 Å². The lowest BCUT2D eigenvalue weighted by molar-refractivity contribution is 0.153. The second-order valence-electron chi connectivity index (χ2n) is 8.01. The van der Waals surface area contributed by atoms with E-state index < -0.39 is 6.43 Å². The largest absolute Gasteiger partial charge is 0.383 e. The van der Waals surface area contributed by atoms with Gasteiger partial charge in [-0.3, -0.25) is 4.57 Å². The van der Waals surface area contributed by atoms with Crippen molar-refractivity contribution in [2.75, 3.05) is 5.73 Å². The minimum atomic E-state index is -2.74. The van der Waals surface area contributed by atoms with Gasteiger partial charge in [-0.1, -0.05) is 6.07 Å². The minimum absolute atomic E-state index is 0.125. The number of aromatic nitrogens is 6. The van der Waals surface area contributed by atoms with Gasteiger partial charge in [0.15, 0.2) is 17.3 Å². The van der Waals surface area contributed by atoms with Crippen molar-refractivity contribution in [2.45, 2.75) is 25.7 Å². The van der Waals surface area contributed by atoms with E-state index in [1.807, 2.05) is 6.07 Å². The van der Waals surface area contributed by atoms with E-state index >= 15 is 0 Å². The molecule has 9 heteroatoms. The molecule has 1 aliphatic carbocycles. The van der Waals surface area contributed by atoms with Crippen LogP contribution in [-0.2, 0) is 12.8 Å². The number of nitrogens with zero attached hydrogens (tertiary/aromatic N) is 6. The van der Waals surface area contributed by atoms with Gasteiger partial charge >= 0.3 is 0 Å². The third kappa shape index (κ3) is 3.15. The minimum Gasteiger partial charge on any atom is -0.383 e. The molecule has 164 valence electrons. The Bertz CT molecular complexity index is 1490. The van der Waals surface area contributed by atoms with E-state index in [9.17, 15) is 8.78 Å². The molecule has 4 heterocycles. The summed E-state index contributed by atoms with van der Waals surface area (Å²) in [5.41, 5.74) is 10.3. The lowest BCUT2D eigenvalue weighted by atomic mass is 10.1. The van der Waals surface area contributed by atoms with E-state index in [-0.39, 0.29) is 22.7 Å². The highest BCUT2D eigenvalue weighted by molar-refractivity contribution is 5.86. The smallest absolute Gasteiger partial charge is 0.266 e. The number of halogens is 2. The molecule has 0 atom stereocenters. The molecule has 0 unspecified atom stereocenters. The standard InChI is InChI=1S/C24H19F2N7/c25-21(26)18-13-19(32-11-3-10-29-32)30-24-20(18)31-23(17-6-2-9-28-22(17)27)33(24)16-8-7-14-4-1-5-15(14)12-16/h2-3,6-13,21H,1,4-5H2,(H2,27,28). The van der Waals surface area contributed by atoms with Gasteiger partial charge in [-0.05, 0) is 66.8 Å². The normalized spacial score (nSPS) is 13.2. The number of imidazole rings is 1. The first kappa shape index (κ1) is 19.5. The second-order valence-corrected chi connectivity index (χ2v) is 8.01. The highest BCUT2D eigenvalue weighted by Gasteiger charge is 2.25. The van der Waals surface area contributed by atoms with Gasteiger partial charge in [0.25, 0.3) is 6.43 Å². The van der Waals surface area contributed by atoms with Crippen LogP contribution in [0.4, 0.5) is 14.6 Å². The molecule has 1 aliphatic rings. The van der Waals surface area contributed by atoms with E-state index in [0.717, 1.165) is 24.9 Å². The Morgan fingerprint density at radius 2 is 1.85 bits per heavy atom. The predicted molar refractivity (Wildman–Crippen MR) is 121 cm³/mol. The van der Waals surface area contributed by atoms with Crippen molar-refractivity contribution < 1.29 is 8.78 Å². The molecule has 0 bridgehead atoms. The number of hydrogen-bond donors (Lipinski definition) is 1. The van der Waals surface area contributed by atoms with E-state index in [2.05, 4.69) is 27.2 Å². The Kier molecular flexibility index (Phi) is 4.42. The maximum absolute atomic E-state index is 14.2. The summed E-state index contributed by atoms with van der Waals surface area (Å²) >= 11 is 0. The van der Waals surface area contributed by atoms with Crippen LogP contribution in [0.25, 0.3) is 34.1 Å². The molecule has 33 heavy (non-hydrogen) atoms. The zero-order valence-corrected chi connectivity index (χ0v) is 17.5. The van der Waals surface area contributed by atoms with Crippen LogP contribution in [0.1, 0.15) is 29.5 Å². The van der Waals surface area contributed by atoms with Crippen LogP contribution < -0.4 is 5.73 Å². The zero-order valence-electron chi connectivity index (χ0n) is 17.5. The number of alkyl halides is 2. The van der Waals surface area contributed by atoms with Crippen LogP contribution >= 0.6 is 0 Å². The number of aryl methyl sites for hydroxylation is 2. The average Bonchev–Trinajstić information content (AvgIpc) is 3.57. The molecule has 2 N–H and O–H groups in total. The molecule has 0 radical (unpaired) electrons. The molecule has 0 saturated heterocycles. The van der Waals surface area contributed by atoms with Gasteiger partial charge in [0.05, 0.1) is 11.1 Å². The van der Waals surface area contributed by atoms with E-state index in [1.165, 1.54) is 21.9 Å². The monoisotopic (exact) mass is 443 g/mol. The van der Waals surface area contributed by atoms with Gasteiger partial charge in [0.2, 0.25) is 0 Å². The summed E-state index contributed by atoms with van der Waals surface area (Å²) in [5.74, 6) is 0.970. The van der Waals surface area contributed by atoms with E-state index in [1.54, 1.807) is 41.4 Å². The van der Waals surface area contributed by atoms with E-state index in [0.29, 0.717) is 17.0 Å². The summed E-state index contributed by atoms with van der Waals surface area (Å²) < 4.78 is 31.6. The number of nitrogen functional groups attached to an aromatic ring is 1. The molecular weight excluding hydrogens is 424 g/mol. The molecule has 0 spiro atoms. The topological polar surface area (TPSA) is 87.4 Å². The van der Waals surface area contributed by atoms with Gasteiger partial charge in [-0.25, -0.2) is 28.4 Å². The first-order chi connectivity index (χ1) is 16.1. The molecular formula is C24H19F2N7.